The second-order valence-corrected chi connectivity index (χ2v) is 4.73. The molecule has 1 heterocycles. The lowest BCUT2D eigenvalue weighted by Crippen LogP contribution is -2.24. The molecule has 0 bridgehead atoms. The molecule has 0 aliphatic heterocycles. The van der Waals surface area contributed by atoms with E-state index in [0.717, 1.165) is 12.2 Å². The third kappa shape index (κ3) is 3.81. The lowest BCUT2D eigenvalue weighted by molar-refractivity contribution is 0.164. The molecule has 0 aliphatic rings. The highest BCUT2D eigenvalue weighted by atomic mass is 79.9. The molecule has 5 nitrogen and oxygen atoms in total. The molecule has 0 amide bonds. The maximum Gasteiger partial charge on any atom is 0.283 e. The molecule has 1 aromatic heterocycles. The van der Waals surface area contributed by atoms with E-state index in [2.05, 4.69) is 33.3 Å². The summed E-state index contributed by atoms with van der Waals surface area (Å²) in [6, 6.07) is 0. The predicted molar refractivity (Wildman–Crippen MR) is 71.4 cm³/mol. The Labute approximate surface area is 109 Å². The lowest BCUT2D eigenvalue weighted by atomic mass is 10.2. The highest BCUT2D eigenvalue weighted by molar-refractivity contribution is 9.10. The van der Waals surface area contributed by atoms with Crippen LogP contribution in [0, 0.1) is 5.92 Å². The number of anilines is 1. The molecular weight excluding hydrogens is 286 g/mol. The predicted octanol–water partition coefficient (Wildman–Crippen LogP) is 1.72. The highest BCUT2D eigenvalue weighted by Gasteiger charge is 2.08. The van der Waals surface area contributed by atoms with Crippen LogP contribution in [0.3, 0.4) is 0 Å². The molecule has 1 rings (SSSR count). The van der Waals surface area contributed by atoms with Gasteiger partial charge in [-0.25, -0.2) is 4.68 Å². The van der Waals surface area contributed by atoms with E-state index in [0.29, 0.717) is 23.5 Å². The van der Waals surface area contributed by atoms with Crippen LogP contribution in [0.25, 0.3) is 0 Å². The van der Waals surface area contributed by atoms with Gasteiger partial charge in [-0.2, -0.15) is 5.10 Å². The van der Waals surface area contributed by atoms with Crippen molar-refractivity contribution in [2.75, 3.05) is 25.6 Å². The van der Waals surface area contributed by atoms with Gasteiger partial charge in [0.25, 0.3) is 5.56 Å². The van der Waals surface area contributed by atoms with E-state index in [1.54, 1.807) is 13.3 Å². The number of halogens is 1. The maximum atomic E-state index is 11.8. The number of ether oxygens (including phenoxy) is 1. The molecule has 0 spiro atoms. The van der Waals surface area contributed by atoms with E-state index in [9.17, 15) is 4.79 Å². The van der Waals surface area contributed by atoms with Crippen LogP contribution in [-0.2, 0) is 11.3 Å². The van der Waals surface area contributed by atoms with Crippen molar-refractivity contribution in [3.05, 3.63) is 21.0 Å². The second kappa shape index (κ2) is 6.76. The topological polar surface area (TPSA) is 56.1 Å². The van der Waals surface area contributed by atoms with Crippen LogP contribution in [0.4, 0.5) is 5.69 Å². The summed E-state index contributed by atoms with van der Waals surface area (Å²) in [6.07, 6.45) is 1.66. The molecule has 17 heavy (non-hydrogen) atoms. The first-order valence-corrected chi connectivity index (χ1v) is 6.37. The molecule has 0 aromatic carbocycles. The SMILES string of the molecule is CCn1ncc(NCC(C)COC)c(Br)c1=O. The summed E-state index contributed by atoms with van der Waals surface area (Å²) in [5, 5.41) is 7.25. The zero-order chi connectivity index (χ0) is 12.8. The summed E-state index contributed by atoms with van der Waals surface area (Å²) < 4.78 is 6.99. The van der Waals surface area contributed by atoms with Crippen molar-refractivity contribution >= 4 is 21.6 Å². The van der Waals surface area contributed by atoms with Gasteiger partial charge in [-0.1, -0.05) is 6.92 Å². The fraction of sp³-hybridized carbons (Fsp3) is 0.636. The van der Waals surface area contributed by atoms with Gasteiger partial charge in [-0.3, -0.25) is 4.79 Å². The summed E-state index contributed by atoms with van der Waals surface area (Å²) in [5.74, 6) is 0.375. The molecule has 0 saturated heterocycles. The van der Waals surface area contributed by atoms with Crippen molar-refractivity contribution in [3.63, 3.8) is 0 Å². The Kier molecular flexibility index (Phi) is 5.64. The first-order valence-electron chi connectivity index (χ1n) is 5.58. The minimum absolute atomic E-state index is 0.114. The number of methoxy groups -OCH3 is 1. The average Bonchev–Trinajstić information content (AvgIpc) is 2.31. The number of nitrogens with one attached hydrogen (secondary N) is 1. The molecule has 6 heteroatoms. The van der Waals surface area contributed by atoms with E-state index < -0.39 is 0 Å². The van der Waals surface area contributed by atoms with Gasteiger partial charge in [0, 0.05) is 20.2 Å². The lowest BCUT2D eigenvalue weighted by Gasteiger charge is -2.13. The fourth-order valence-electron chi connectivity index (χ4n) is 1.44. The van der Waals surface area contributed by atoms with Crippen LogP contribution < -0.4 is 10.9 Å². The molecule has 0 radical (unpaired) electrons. The van der Waals surface area contributed by atoms with Crippen molar-refractivity contribution in [1.29, 1.82) is 0 Å². The second-order valence-electron chi connectivity index (χ2n) is 3.93. The summed E-state index contributed by atoms with van der Waals surface area (Å²) in [7, 11) is 1.68. The Morgan fingerprint density at radius 1 is 1.65 bits per heavy atom. The van der Waals surface area contributed by atoms with E-state index >= 15 is 0 Å². The first kappa shape index (κ1) is 14.2. The zero-order valence-corrected chi connectivity index (χ0v) is 12.0. The number of hydrogen-bond acceptors (Lipinski definition) is 4. The average molecular weight is 304 g/mol. The van der Waals surface area contributed by atoms with E-state index in [4.69, 9.17) is 4.74 Å². The van der Waals surface area contributed by atoms with Crippen molar-refractivity contribution in [2.24, 2.45) is 5.92 Å². The van der Waals surface area contributed by atoms with Crippen LogP contribution in [0.15, 0.2) is 15.5 Å². The number of aromatic nitrogens is 2. The number of nitrogens with zero attached hydrogens (tertiary/aromatic N) is 2. The van der Waals surface area contributed by atoms with E-state index in [1.807, 2.05) is 6.92 Å². The summed E-state index contributed by atoms with van der Waals surface area (Å²) in [6.45, 7) is 5.95. The van der Waals surface area contributed by atoms with Crippen LogP contribution >= 0.6 is 15.9 Å². The minimum atomic E-state index is -0.114. The standard InChI is InChI=1S/C11H18BrN3O2/c1-4-15-11(16)10(12)9(6-14-15)13-5-8(2)7-17-3/h6,8,13H,4-5,7H2,1-3H3. The third-order valence-corrected chi connectivity index (χ3v) is 3.14. The Morgan fingerprint density at radius 2 is 2.35 bits per heavy atom. The summed E-state index contributed by atoms with van der Waals surface area (Å²) in [5.41, 5.74) is 0.611. The maximum absolute atomic E-state index is 11.8. The minimum Gasteiger partial charge on any atom is -0.384 e. The number of rotatable bonds is 6. The molecule has 96 valence electrons. The normalized spacial score (nSPS) is 12.5. The van der Waals surface area contributed by atoms with Crippen molar-refractivity contribution < 1.29 is 4.74 Å². The van der Waals surface area contributed by atoms with Crippen molar-refractivity contribution in [2.45, 2.75) is 20.4 Å². The Morgan fingerprint density at radius 3 is 2.94 bits per heavy atom. The van der Waals surface area contributed by atoms with Crippen LogP contribution in [0.1, 0.15) is 13.8 Å². The smallest absolute Gasteiger partial charge is 0.283 e. The van der Waals surface area contributed by atoms with Gasteiger partial charge in [-0.05, 0) is 28.8 Å². The van der Waals surface area contributed by atoms with Crippen LogP contribution in [0.5, 0.6) is 0 Å². The van der Waals surface area contributed by atoms with Crippen molar-refractivity contribution in [1.82, 2.24) is 9.78 Å². The third-order valence-electron chi connectivity index (χ3n) is 2.38. The fourth-order valence-corrected chi connectivity index (χ4v) is 1.89. The molecular formula is C11H18BrN3O2. The number of hydrogen-bond donors (Lipinski definition) is 1. The molecule has 1 atom stereocenters. The summed E-state index contributed by atoms with van der Waals surface area (Å²) >= 11 is 3.29. The van der Waals surface area contributed by atoms with Crippen LogP contribution in [-0.4, -0.2) is 30.0 Å². The monoisotopic (exact) mass is 303 g/mol. The van der Waals surface area contributed by atoms with Gasteiger partial charge < -0.3 is 10.1 Å². The van der Waals surface area contributed by atoms with Crippen LogP contribution in [0.2, 0.25) is 0 Å². The molecule has 0 fully saturated rings. The highest BCUT2D eigenvalue weighted by Crippen LogP contribution is 2.16. The molecule has 1 N–H and O–H groups in total. The van der Waals surface area contributed by atoms with Gasteiger partial charge in [-0.15, -0.1) is 0 Å². The van der Waals surface area contributed by atoms with E-state index in [1.165, 1.54) is 4.68 Å². The Balaban J connectivity index is 2.73. The van der Waals surface area contributed by atoms with Gasteiger partial charge >= 0.3 is 0 Å². The summed E-state index contributed by atoms with van der Waals surface area (Å²) in [4.78, 5) is 11.8. The quantitative estimate of drug-likeness (QED) is 0.869. The largest absolute Gasteiger partial charge is 0.384 e. The van der Waals surface area contributed by atoms with E-state index in [-0.39, 0.29) is 5.56 Å². The van der Waals surface area contributed by atoms with Gasteiger partial charge in [0.15, 0.2) is 0 Å². The van der Waals surface area contributed by atoms with Gasteiger partial charge in [0.1, 0.15) is 4.47 Å². The zero-order valence-electron chi connectivity index (χ0n) is 10.4. The van der Waals surface area contributed by atoms with Crippen molar-refractivity contribution in [3.8, 4) is 0 Å². The molecule has 1 unspecified atom stereocenters. The van der Waals surface area contributed by atoms with Gasteiger partial charge in [0.05, 0.1) is 18.5 Å². The number of aryl methyl sites for hydroxylation is 1. The first-order chi connectivity index (χ1) is 8.10. The Bertz CT molecular complexity index is 420. The van der Waals surface area contributed by atoms with Gasteiger partial charge in [0.2, 0.25) is 0 Å². The molecule has 0 aliphatic carbocycles. The Hall–Kier alpha value is -0.880. The molecule has 0 saturated carbocycles. The molecule has 1 aromatic rings.